The minimum absolute atomic E-state index is 0.576. The van der Waals surface area contributed by atoms with Gasteiger partial charge in [0.25, 0.3) is 0 Å². The lowest BCUT2D eigenvalue weighted by atomic mass is 10.2. The highest BCUT2D eigenvalue weighted by molar-refractivity contribution is 5.53. The fourth-order valence-electron chi connectivity index (χ4n) is 1.49. The molecule has 2 rings (SSSR count). The lowest BCUT2D eigenvalue weighted by Gasteiger charge is -2.05. The molecule has 0 fully saturated rings. The summed E-state index contributed by atoms with van der Waals surface area (Å²) in [6.07, 6.45) is 3.51. The van der Waals surface area contributed by atoms with Gasteiger partial charge in [-0.1, -0.05) is 0 Å². The van der Waals surface area contributed by atoms with Crippen molar-refractivity contribution in [3.05, 3.63) is 30.4 Å². The zero-order valence-corrected chi connectivity index (χ0v) is 8.59. The van der Waals surface area contributed by atoms with Crippen LogP contribution in [0.3, 0.4) is 0 Å². The van der Waals surface area contributed by atoms with E-state index in [2.05, 4.69) is 15.2 Å². The molecular formula is C10H13N5. The molecule has 0 atom stereocenters. The third-order valence-electron chi connectivity index (χ3n) is 2.21. The third-order valence-corrected chi connectivity index (χ3v) is 2.21. The average Bonchev–Trinajstić information content (AvgIpc) is 2.63. The van der Waals surface area contributed by atoms with Crippen LogP contribution in [0.25, 0.3) is 11.4 Å². The van der Waals surface area contributed by atoms with Crippen molar-refractivity contribution in [1.82, 2.24) is 19.7 Å². The van der Waals surface area contributed by atoms with Gasteiger partial charge in [-0.05, 0) is 19.1 Å². The Morgan fingerprint density at radius 2 is 2.27 bits per heavy atom. The predicted octanol–water partition coefficient (Wildman–Crippen LogP) is 0.607. The number of rotatable bonds is 3. The van der Waals surface area contributed by atoms with Crippen molar-refractivity contribution in [2.75, 3.05) is 6.54 Å². The molecule has 0 aliphatic rings. The van der Waals surface area contributed by atoms with Crippen LogP contribution in [0.4, 0.5) is 0 Å². The molecule has 2 aromatic rings. The molecule has 15 heavy (non-hydrogen) atoms. The molecule has 2 heterocycles. The van der Waals surface area contributed by atoms with Crippen LogP contribution in [0, 0.1) is 6.92 Å². The van der Waals surface area contributed by atoms with E-state index in [-0.39, 0.29) is 0 Å². The van der Waals surface area contributed by atoms with Gasteiger partial charge in [-0.2, -0.15) is 0 Å². The van der Waals surface area contributed by atoms with Crippen molar-refractivity contribution >= 4 is 0 Å². The number of aromatic nitrogens is 4. The first-order valence-electron chi connectivity index (χ1n) is 4.83. The lowest BCUT2D eigenvalue weighted by Crippen LogP contribution is -2.12. The van der Waals surface area contributed by atoms with E-state index in [0.29, 0.717) is 6.54 Å². The van der Waals surface area contributed by atoms with Crippen LogP contribution in [0.1, 0.15) is 5.82 Å². The minimum Gasteiger partial charge on any atom is -0.329 e. The summed E-state index contributed by atoms with van der Waals surface area (Å²) in [4.78, 5) is 4.06. The fraction of sp³-hybridized carbons (Fsp3) is 0.300. The first-order valence-corrected chi connectivity index (χ1v) is 4.83. The molecule has 0 aliphatic carbocycles. The van der Waals surface area contributed by atoms with Crippen LogP contribution in [-0.2, 0) is 6.54 Å². The van der Waals surface area contributed by atoms with Crippen LogP contribution in [0.2, 0.25) is 0 Å². The topological polar surface area (TPSA) is 69.6 Å². The fourth-order valence-corrected chi connectivity index (χ4v) is 1.49. The van der Waals surface area contributed by atoms with Crippen molar-refractivity contribution in [3.8, 4) is 11.4 Å². The highest BCUT2D eigenvalue weighted by Gasteiger charge is 2.09. The summed E-state index contributed by atoms with van der Waals surface area (Å²) < 4.78 is 2.00. The maximum absolute atomic E-state index is 5.54. The second kappa shape index (κ2) is 4.18. The van der Waals surface area contributed by atoms with E-state index in [1.807, 2.05) is 23.6 Å². The maximum atomic E-state index is 5.54. The predicted molar refractivity (Wildman–Crippen MR) is 57.0 cm³/mol. The van der Waals surface area contributed by atoms with E-state index < -0.39 is 0 Å². The third kappa shape index (κ3) is 1.87. The van der Waals surface area contributed by atoms with E-state index in [4.69, 9.17) is 5.73 Å². The van der Waals surface area contributed by atoms with Gasteiger partial charge in [0.05, 0.1) is 0 Å². The maximum Gasteiger partial charge on any atom is 0.165 e. The molecule has 78 valence electrons. The molecular weight excluding hydrogens is 190 g/mol. The summed E-state index contributed by atoms with van der Waals surface area (Å²) in [6, 6.07) is 3.84. The zero-order valence-electron chi connectivity index (χ0n) is 8.59. The molecule has 0 aliphatic heterocycles. The van der Waals surface area contributed by atoms with Crippen LogP contribution in [0.5, 0.6) is 0 Å². The minimum atomic E-state index is 0.576. The van der Waals surface area contributed by atoms with Gasteiger partial charge in [-0.25, -0.2) is 0 Å². The lowest BCUT2D eigenvalue weighted by molar-refractivity contribution is 0.689. The summed E-state index contributed by atoms with van der Waals surface area (Å²) >= 11 is 0. The van der Waals surface area contributed by atoms with E-state index in [0.717, 1.165) is 23.8 Å². The second-order valence-corrected chi connectivity index (χ2v) is 3.25. The summed E-state index contributed by atoms with van der Waals surface area (Å²) in [7, 11) is 0. The highest BCUT2D eigenvalue weighted by atomic mass is 15.3. The van der Waals surface area contributed by atoms with Crippen molar-refractivity contribution < 1.29 is 0 Å². The number of hydrogen-bond acceptors (Lipinski definition) is 4. The van der Waals surface area contributed by atoms with Gasteiger partial charge in [0.1, 0.15) is 5.82 Å². The average molecular weight is 203 g/mol. The number of aryl methyl sites for hydroxylation is 1. The molecule has 5 nitrogen and oxygen atoms in total. The van der Waals surface area contributed by atoms with E-state index >= 15 is 0 Å². The zero-order chi connectivity index (χ0) is 10.7. The van der Waals surface area contributed by atoms with Crippen molar-refractivity contribution in [2.45, 2.75) is 13.5 Å². The molecule has 2 N–H and O–H groups in total. The summed E-state index contributed by atoms with van der Waals surface area (Å²) in [5.74, 6) is 1.70. The van der Waals surface area contributed by atoms with Gasteiger partial charge < -0.3 is 10.3 Å². The van der Waals surface area contributed by atoms with Crippen LogP contribution in [0.15, 0.2) is 24.5 Å². The molecule has 0 aromatic carbocycles. The van der Waals surface area contributed by atoms with Crippen molar-refractivity contribution in [1.29, 1.82) is 0 Å². The molecule has 0 saturated carbocycles. The summed E-state index contributed by atoms with van der Waals surface area (Å²) in [5.41, 5.74) is 6.51. The normalized spacial score (nSPS) is 10.5. The quantitative estimate of drug-likeness (QED) is 0.793. The smallest absolute Gasteiger partial charge is 0.165 e. The van der Waals surface area contributed by atoms with E-state index in [1.54, 1.807) is 12.4 Å². The van der Waals surface area contributed by atoms with Gasteiger partial charge in [-0.3, -0.25) is 4.98 Å². The number of nitrogens with two attached hydrogens (primary N) is 1. The van der Waals surface area contributed by atoms with Gasteiger partial charge in [-0.15, -0.1) is 10.2 Å². The second-order valence-electron chi connectivity index (χ2n) is 3.25. The SMILES string of the molecule is Cc1nnc(-c2cccnc2)n1CCN. The number of hydrogen-bond donors (Lipinski definition) is 1. The molecule has 0 radical (unpaired) electrons. The van der Waals surface area contributed by atoms with Crippen molar-refractivity contribution in [3.63, 3.8) is 0 Å². The molecule has 0 amide bonds. The first kappa shape index (κ1) is 9.79. The molecule has 5 heteroatoms. The van der Waals surface area contributed by atoms with Gasteiger partial charge in [0, 0.05) is 31.0 Å². The largest absolute Gasteiger partial charge is 0.329 e. The number of nitrogens with zero attached hydrogens (tertiary/aromatic N) is 4. The Balaban J connectivity index is 2.44. The van der Waals surface area contributed by atoms with Crippen LogP contribution in [-0.4, -0.2) is 26.3 Å². The standard InChI is InChI=1S/C10H13N5/c1-8-13-14-10(15(8)6-4-11)9-3-2-5-12-7-9/h2-3,5,7H,4,6,11H2,1H3. The number of pyridine rings is 1. The molecule has 0 saturated heterocycles. The van der Waals surface area contributed by atoms with Gasteiger partial charge in [0.2, 0.25) is 0 Å². The Morgan fingerprint density at radius 1 is 1.40 bits per heavy atom. The molecule has 0 spiro atoms. The van der Waals surface area contributed by atoms with Crippen molar-refractivity contribution in [2.24, 2.45) is 5.73 Å². The Morgan fingerprint density at radius 3 is 2.93 bits per heavy atom. The first-order chi connectivity index (χ1) is 7.33. The molecule has 0 bridgehead atoms. The monoisotopic (exact) mass is 203 g/mol. The Bertz CT molecular complexity index is 434. The Hall–Kier alpha value is -1.75. The van der Waals surface area contributed by atoms with Crippen LogP contribution < -0.4 is 5.73 Å². The van der Waals surface area contributed by atoms with E-state index in [9.17, 15) is 0 Å². The van der Waals surface area contributed by atoms with Crippen LogP contribution >= 0.6 is 0 Å². The summed E-state index contributed by atoms with van der Waals surface area (Å²) in [6.45, 7) is 3.22. The summed E-state index contributed by atoms with van der Waals surface area (Å²) in [5, 5.41) is 8.16. The molecule has 0 unspecified atom stereocenters. The Kier molecular flexibility index (Phi) is 2.73. The van der Waals surface area contributed by atoms with Gasteiger partial charge in [0.15, 0.2) is 5.82 Å². The highest BCUT2D eigenvalue weighted by Crippen LogP contribution is 2.15. The Labute approximate surface area is 88.0 Å². The van der Waals surface area contributed by atoms with Gasteiger partial charge >= 0.3 is 0 Å². The molecule has 2 aromatic heterocycles. The van der Waals surface area contributed by atoms with E-state index in [1.165, 1.54) is 0 Å².